The summed E-state index contributed by atoms with van der Waals surface area (Å²) >= 11 is 1.36. The topological polar surface area (TPSA) is 97.3 Å². The first-order valence-electron chi connectivity index (χ1n) is 7.59. The van der Waals surface area contributed by atoms with Gasteiger partial charge < -0.3 is 21.7 Å². The Labute approximate surface area is 128 Å². The van der Waals surface area contributed by atoms with Crippen molar-refractivity contribution >= 4 is 28.2 Å². The molecule has 0 bridgehead atoms. The maximum absolute atomic E-state index is 12.2. The summed E-state index contributed by atoms with van der Waals surface area (Å²) in [4.78, 5) is 19.2. The van der Waals surface area contributed by atoms with Gasteiger partial charge in [0, 0.05) is 25.7 Å². The third-order valence-corrected chi connectivity index (χ3v) is 5.49. The highest BCUT2D eigenvalue weighted by molar-refractivity contribution is 7.18. The van der Waals surface area contributed by atoms with Crippen molar-refractivity contribution in [1.82, 2.24) is 10.3 Å². The zero-order chi connectivity index (χ0) is 15.0. The van der Waals surface area contributed by atoms with E-state index in [1.54, 1.807) is 0 Å². The van der Waals surface area contributed by atoms with Gasteiger partial charge in [-0.3, -0.25) is 4.79 Å². The second-order valence-corrected chi connectivity index (χ2v) is 7.21. The molecule has 2 unspecified atom stereocenters. The lowest BCUT2D eigenvalue weighted by atomic mass is 10.1. The number of nitrogens with zero attached hydrogens (tertiary/aromatic N) is 2. The van der Waals surface area contributed by atoms with Crippen LogP contribution in [0, 0.1) is 11.8 Å². The van der Waals surface area contributed by atoms with Gasteiger partial charge in [0.15, 0.2) is 5.13 Å². The lowest BCUT2D eigenvalue weighted by molar-refractivity contribution is 0.0951. The molecule has 1 aliphatic heterocycles. The summed E-state index contributed by atoms with van der Waals surface area (Å²) in [7, 11) is 0. The number of rotatable bonds is 5. The van der Waals surface area contributed by atoms with Gasteiger partial charge in [-0.15, -0.1) is 0 Å². The Hall–Kier alpha value is -1.34. The van der Waals surface area contributed by atoms with E-state index in [1.807, 2.05) is 0 Å². The Kier molecular flexibility index (Phi) is 4.03. The number of carbonyl (C=O) groups excluding carboxylic acids is 1. The van der Waals surface area contributed by atoms with Crippen molar-refractivity contribution in [3.63, 3.8) is 0 Å². The van der Waals surface area contributed by atoms with Crippen molar-refractivity contribution in [2.45, 2.75) is 32.2 Å². The van der Waals surface area contributed by atoms with Gasteiger partial charge in [0.25, 0.3) is 5.91 Å². The Morgan fingerprint density at radius 3 is 2.90 bits per heavy atom. The number of aromatic nitrogens is 1. The van der Waals surface area contributed by atoms with Crippen molar-refractivity contribution in [3.05, 3.63) is 4.88 Å². The minimum absolute atomic E-state index is 0.104. The number of anilines is 2. The van der Waals surface area contributed by atoms with Gasteiger partial charge in [0.05, 0.1) is 0 Å². The van der Waals surface area contributed by atoms with E-state index in [2.05, 4.69) is 22.1 Å². The second-order valence-electron chi connectivity index (χ2n) is 6.23. The highest BCUT2D eigenvalue weighted by Gasteiger charge is 2.29. The quantitative estimate of drug-likeness (QED) is 0.755. The maximum Gasteiger partial charge on any atom is 0.265 e. The molecule has 3 rings (SSSR count). The highest BCUT2D eigenvalue weighted by Crippen LogP contribution is 2.36. The molecule has 0 spiro atoms. The molecule has 21 heavy (non-hydrogen) atoms. The summed E-state index contributed by atoms with van der Waals surface area (Å²) in [6, 6.07) is 0.187. The van der Waals surface area contributed by atoms with Crippen LogP contribution in [0.2, 0.25) is 0 Å². The van der Waals surface area contributed by atoms with Crippen LogP contribution in [0.15, 0.2) is 0 Å². The predicted octanol–water partition coefficient (Wildman–Crippen LogP) is 1.04. The van der Waals surface area contributed by atoms with E-state index in [0.29, 0.717) is 23.2 Å². The molecule has 2 atom stereocenters. The van der Waals surface area contributed by atoms with Crippen molar-refractivity contribution in [2.24, 2.45) is 17.6 Å². The van der Waals surface area contributed by atoms with E-state index in [0.717, 1.165) is 30.6 Å². The Morgan fingerprint density at radius 1 is 1.52 bits per heavy atom. The molecule has 1 amide bonds. The zero-order valence-electron chi connectivity index (χ0n) is 12.3. The molecular formula is C14H23N5OS. The molecule has 116 valence electrons. The minimum Gasteiger partial charge on any atom is -0.382 e. The molecule has 0 radical (unpaired) electrons. The van der Waals surface area contributed by atoms with Crippen molar-refractivity contribution in [2.75, 3.05) is 30.3 Å². The van der Waals surface area contributed by atoms with Gasteiger partial charge in [-0.2, -0.15) is 0 Å². The maximum atomic E-state index is 12.2. The third kappa shape index (κ3) is 3.29. The molecule has 2 fully saturated rings. The fourth-order valence-corrected chi connectivity index (χ4v) is 3.68. The van der Waals surface area contributed by atoms with E-state index < -0.39 is 0 Å². The second kappa shape index (κ2) is 5.81. The van der Waals surface area contributed by atoms with Gasteiger partial charge in [0.2, 0.25) is 0 Å². The predicted molar refractivity (Wildman–Crippen MR) is 85.6 cm³/mol. The molecule has 2 aliphatic rings. The van der Waals surface area contributed by atoms with Crippen LogP contribution < -0.4 is 21.7 Å². The number of amides is 1. The third-order valence-electron chi connectivity index (χ3n) is 4.35. The van der Waals surface area contributed by atoms with E-state index in [9.17, 15) is 4.79 Å². The molecule has 7 heteroatoms. The zero-order valence-corrected chi connectivity index (χ0v) is 13.2. The molecule has 1 aromatic rings. The monoisotopic (exact) mass is 309 g/mol. The lowest BCUT2D eigenvalue weighted by Gasteiger charge is -2.13. The summed E-state index contributed by atoms with van der Waals surface area (Å²) in [6.07, 6.45) is 3.54. The standard InChI is InChI=1S/C14H23N5OS/c1-8(9-2-3-9)6-17-13(20)11-12(16)18-14(21-11)19-5-4-10(15)7-19/h8-10H,2-7,15-16H2,1H3,(H,17,20). The average Bonchev–Trinajstić information content (AvgIpc) is 3.11. The molecule has 5 N–H and O–H groups in total. The number of hydrogen-bond acceptors (Lipinski definition) is 6. The molecule has 1 saturated carbocycles. The summed E-state index contributed by atoms with van der Waals surface area (Å²) < 4.78 is 0. The first kappa shape index (κ1) is 14.6. The van der Waals surface area contributed by atoms with E-state index in [-0.39, 0.29) is 11.9 Å². The van der Waals surface area contributed by atoms with E-state index >= 15 is 0 Å². The summed E-state index contributed by atoms with van der Waals surface area (Å²) in [5.41, 5.74) is 11.8. The Balaban J connectivity index is 1.61. The van der Waals surface area contributed by atoms with Crippen molar-refractivity contribution in [1.29, 1.82) is 0 Å². The van der Waals surface area contributed by atoms with Crippen molar-refractivity contribution < 1.29 is 4.79 Å². The van der Waals surface area contributed by atoms with Gasteiger partial charge >= 0.3 is 0 Å². The SMILES string of the molecule is CC(CNC(=O)c1sc(N2CCC(N)C2)nc1N)C1CC1. The number of carbonyl (C=O) groups is 1. The van der Waals surface area contributed by atoms with Crippen LogP contribution in [-0.2, 0) is 0 Å². The van der Waals surface area contributed by atoms with Crippen molar-refractivity contribution in [3.8, 4) is 0 Å². The van der Waals surface area contributed by atoms with Gasteiger partial charge in [-0.25, -0.2) is 4.98 Å². The van der Waals surface area contributed by atoms with E-state index in [1.165, 1.54) is 24.2 Å². The van der Waals surface area contributed by atoms with Crippen LogP contribution in [0.1, 0.15) is 35.9 Å². The number of hydrogen-bond donors (Lipinski definition) is 3. The molecular weight excluding hydrogens is 286 g/mol. The Morgan fingerprint density at radius 2 is 2.29 bits per heavy atom. The van der Waals surface area contributed by atoms with Crippen LogP contribution in [0.3, 0.4) is 0 Å². The molecule has 2 heterocycles. The number of nitrogens with two attached hydrogens (primary N) is 2. The van der Waals surface area contributed by atoms with Gasteiger partial charge in [-0.05, 0) is 31.1 Å². The molecule has 1 saturated heterocycles. The molecule has 1 aromatic heterocycles. The average molecular weight is 309 g/mol. The molecule has 6 nitrogen and oxygen atoms in total. The highest BCUT2D eigenvalue weighted by atomic mass is 32.1. The van der Waals surface area contributed by atoms with Crippen LogP contribution in [-0.4, -0.2) is 36.6 Å². The number of nitrogen functional groups attached to an aromatic ring is 1. The van der Waals surface area contributed by atoms with Crippen LogP contribution in [0.4, 0.5) is 10.9 Å². The first-order valence-corrected chi connectivity index (χ1v) is 8.41. The number of nitrogens with one attached hydrogen (secondary N) is 1. The summed E-state index contributed by atoms with van der Waals surface area (Å²) in [6.45, 7) is 4.57. The largest absolute Gasteiger partial charge is 0.382 e. The normalized spacial score (nSPS) is 23.3. The molecule has 0 aromatic carbocycles. The smallest absolute Gasteiger partial charge is 0.265 e. The van der Waals surface area contributed by atoms with Crippen LogP contribution in [0.25, 0.3) is 0 Å². The first-order chi connectivity index (χ1) is 10.0. The lowest BCUT2D eigenvalue weighted by Crippen LogP contribution is -2.28. The fourth-order valence-electron chi connectivity index (χ4n) is 2.75. The van der Waals surface area contributed by atoms with Gasteiger partial charge in [-0.1, -0.05) is 18.3 Å². The van der Waals surface area contributed by atoms with Gasteiger partial charge in [0.1, 0.15) is 10.7 Å². The fraction of sp³-hybridized carbons (Fsp3) is 0.714. The molecule has 1 aliphatic carbocycles. The summed E-state index contributed by atoms with van der Waals surface area (Å²) in [5, 5.41) is 3.79. The minimum atomic E-state index is -0.104. The van der Waals surface area contributed by atoms with Crippen LogP contribution >= 0.6 is 11.3 Å². The summed E-state index contributed by atoms with van der Waals surface area (Å²) in [5.74, 6) is 1.55. The Bertz CT molecular complexity index is 527. The van der Waals surface area contributed by atoms with E-state index in [4.69, 9.17) is 11.5 Å². The number of thiazole rings is 1. The van der Waals surface area contributed by atoms with Crippen LogP contribution in [0.5, 0.6) is 0 Å².